The largest absolute Gasteiger partial charge is 0.504 e. The molecule has 2 N–H and O–H groups in total. The minimum absolute atomic E-state index is 0.0530. The number of phenols is 1. The van der Waals surface area contributed by atoms with Crippen LogP contribution in [0.2, 0.25) is 0 Å². The summed E-state index contributed by atoms with van der Waals surface area (Å²) in [5, 5.41) is 10.9. The fraction of sp³-hybridized carbons (Fsp3) is 0.348. The molecule has 6 heteroatoms. The predicted molar refractivity (Wildman–Crippen MR) is 112 cm³/mol. The fourth-order valence-electron chi connectivity index (χ4n) is 4.32. The zero-order chi connectivity index (χ0) is 20.7. The van der Waals surface area contributed by atoms with Gasteiger partial charge in [-0.3, -0.25) is 9.69 Å². The van der Waals surface area contributed by atoms with E-state index >= 15 is 0 Å². The maximum atomic E-state index is 13.3. The SMILES string of the molecule is COc1ccc2[nH]c(C)c(C(=O)CN3CCc4cc(O)c(OC)cc4[C@H]3C)c2c1. The summed E-state index contributed by atoms with van der Waals surface area (Å²) < 4.78 is 10.6. The van der Waals surface area contributed by atoms with Crippen LogP contribution in [-0.4, -0.2) is 48.1 Å². The number of methoxy groups -OCH3 is 2. The van der Waals surface area contributed by atoms with Crippen LogP contribution in [0.3, 0.4) is 0 Å². The Hall–Kier alpha value is -2.99. The molecule has 0 bridgehead atoms. The van der Waals surface area contributed by atoms with Crippen molar-refractivity contribution in [2.75, 3.05) is 27.3 Å². The number of hydrogen-bond donors (Lipinski definition) is 2. The van der Waals surface area contributed by atoms with Crippen molar-refractivity contribution in [2.24, 2.45) is 0 Å². The quantitative estimate of drug-likeness (QED) is 0.640. The summed E-state index contributed by atoms with van der Waals surface area (Å²) in [6.45, 7) is 5.11. The Morgan fingerprint density at radius 1 is 1.24 bits per heavy atom. The zero-order valence-corrected chi connectivity index (χ0v) is 17.2. The van der Waals surface area contributed by atoms with Crippen LogP contribution in [0.4, 0.5) is 0 Å². The maximum Gasteiger partial charge on any atom is 0.179 e. The number of carbonyl (C=O) groups excluding carboxylic acids is 1. The molecule has 0 unspecified atom stereocenters. The molecule has 1 atom stereocenters. The summed E-state index contributed by atoms with van der Waals surface area (Å²) in [5.74, 6) is 1.44. The van der Waals surface area contributed by atoms with Gasteiger partial charge in [-0.2, -0.15) is 0 Å². The predicted octanol–water partition coefficient (Wildman–Crippen LogP) is 4.00. The van der Waals surface area contributed by atoms with E-state index in [1.807, 2.05) is 31.2 Å². The number of H-pyrrole nitrogens is 1. The van der Waals surface area contributed by atoms with Crippen LogP contribution >= 0.6 is 0 Å². The van der Waals surface area contributed by atoms with Crippen LogP contribution in [0.1, 0.15) is 40.1 Å². The van der Waals surface area contributed by atoms with Crippen LogP contribution < -0.4 is 9.47 Å². The lowest BCUT2D eigenvalue weighted by atomic mass is 9.92. The molecular formula is C23H26N2O4. The minimum Gasteiger partial charge on any atom is -0.504 e. The number of nitrogens with zero attached hydrogens (tertiary/aromatic N) is 1. The first-order valence-corrected chi connectivity index (χ1v) is 9.76. The van der Waals surface area contributed by atoms with E-state index in [-0.39, 0.29) is 17.6 Å². The van der Waals surface area contributed by atoms with Crippen molar-refractivity contribution in [3.63, 3.8) is 0 Å². The second-order valence-electron chi connectivity index (χ2n) is 7.58. The lowest BCUT2D eigenvalue weighted by Crippen LogP contribution is -2.37. The van der Waals surface area contributed by atoms with Gasteiger partial charge in [0.1, 0.15) is 5.75 Å². The van der Waals surface area contributed by atoms with Crippen LogP contribution in [0.15, 0.2) is 30.3 Å². The van der Waals surface area contributed by atoms with Gasteiger partial charge in [0.15, 0.2) is 17.3 Å². The van der Waals surface area contributed by atoms with Gasteiger partial charge in [-0.1, -0.05) is 0 Å². The number of fused-ring (bicyclic) bond motifs is 2. The molecule has 0 fully saturated rings. The number of aryl methyl sites for hydroxylation is 1. The summed E-state index contributed by atoms with van der Waals surface area (Å²) in [6.07, 6.45) is 0.783. The number of ether oxygens (including phenoxy) is 2. The number of ketones is 1. The molecule has 0 radical (unpaired) electrons. The highest BCUT2D eigenvalue weighted by Gasteiger charge is 2.28. The number of benzene rings is 2. The number of nitrogens with one attached hydrogen (secondary N) is 1. The Morgan fingerprint density at radius 2 is 2.03 bits per heavy atom. The van der Waals surface area contributed by atoms with Gasteiger partial charge in [-0.15, -0.1) is 0 Å². The molecule has 0 saturated carbocycles. The number of aromatic hydroxyl groups is 1. The van der Waals surface area contributed by atoms with Crippen LogP contribution in [0.5, 0.6) is 17.2 Å². The first-order chi connectivity index (χ1) is 13.9. The second-order valence-corrected chi connectivity index (χ2v) is 7.58. The van der Waals surface area contributed by atoms with Gasteiger partial charge >= 0.3 is 0 Å². The van der Waals surface area contributed by atoms with Crippen molar-refractivity contribution < 1.29 is 19.4 Å². The molecule has 0 aliphatic carbocycles. The molecule has 2 heterocycles. The molecule has 0 spiro atoms. The van der Waals surface area contributed by atoms with E-state index in [4.69, 9.17) is 9.47 Å². The molecular weight excluding hydrogens is 368 g/mol. The first kappa shape index (κ1) is 19.3. The summed E-state index contributed by atoms with van der Waals surface area (Å²) in [5.41, 5.74) is 4.72. The Morgan fingerprint density at radius 3 is 2.76 bits per heavy atom. The van der Waals surface area contributed by atoms with Crippen molar-refractivity contribution in [1.29, 1.82) is 0 Å². The monoisotopic (exact) mass is 394 g/mol. The number of aromatic nitrogens is 1. The summed E-state index contributed by atoms with van der Waals surface area (Å²) in [4.78, 5) is 18.8. The number of phenolic OH excluding ortho intramolecular Hbond substituents is 1. The van der Waals surface area contributed by atoms with E-state index in [1.165, 1.54) is 0 Å². The zero-order valence-electron chi connectivity index (χ0n) is 17.2. The molecule has 2 aromatic carbocycles. The fourth-order valence-corrected chi connectivity index (χ4v) is 4.32. The van der Waals surface area contributed by atoms with E-state index < -0.39 is 0 Å². The van der Waals surface area contributed by atoms with Crippen LogP contribution in [0.25, 0.3) is 10.9 Å². The number of aromatic amines is 1. The summed E-state index contributed by atoms with van der Waals surface area (Å²) >= 11 is 0. The van der Waals surface area contributed by atoms with E-state index in [0.717, 1.165) is 52.0 Å². The molecule has 0 amide bonds. The highest BCUT2D eigenvalue weighted by Crippen LogP contribution is 2.37. The average Bonchev–Trinajstić information content (AvgIpc) is 3.04. The number of rotatable bonds is 5. The van der Waals surface area contributed by atoms with Crippen molar-refractivity contribution in [3.05, 3.63) is 52.7 Å². The van der Waals surface area contributed by atoms with Gasteiger partial charge in [0.2, 0.25) is 0 Å². The Balaban J connectivity index is 1.63. The topological polar surface area (TPSA) is 74.8 Å². The molecule has 29 heavy (non-hydrogen) atoms. The maximum absolute atomic E-state index is 13.3. The number of Topliss-reactive ketones (excluding diaryl/α,β-unsaturated/α-hetero) is 1. The summed E-state index contributed by atoms with van der Waals surface area (Å²) in [6, 6.07) is 9.45. The van der Waals surface area contributed by atoms with E-state index in [0.29, 0.717) is 12.3 Å². The van der Waals surface area contributed by atoms with Crippen molar-refractivity contribution in [3.8, 4) is 17.2 Å². The highest BCUT2D eigenvalue weighted by atomic mass is 16.5. The summed E-state index contributed by atoms with van der Waals surface area (Å²) in [7, 11) is 3.17. The molecule has 3 aromatic rings. The smallest absolute Gasteiger partial charge is 0.179 e. The molecule has 1 aliphatic heterocycles. The van der Waals surface area contributed by atoms with E-state index in [2.05, 4.69) is 16.8 Å². The number of hydrogen-bond acceptors (Lipinski definition) is 5. The van der Waals surface area contributed by atoms with Gasteiger partial charge < -0.3 is 19.6 Å². The number of carbonyl (C=O) groups is 1. The highest BCUT2D eigenvalue weighted by molar-refractivity contribution is 6.10. The molecule has 1 aliphatic rings. The Labute approximate surface area is 170 Å². The van der Waals surface area contributed by atoms with Crippen LogP contribution in [0, 0.1) is 6.92 Å². The molecule has 0 saturated heterocycles. The van der Waals surface area contributed by atoms with Gasteiger partial charge in [0.05, 0.1) is 20.8 Å². The lowest BCUT2D eigenvalue weighted by molar-refractivity contribution is 0.0891. The molecule has 152 valence electrons. The van der Waals surface area contributed by atoms with Gasteiger partial charge in [0, 0.05) is 34.7 Å². The minimum atomic E-state index is 0.0530. The first-order valence-electron chi connectivity index (χ1n) is 9.76. The van der Waals surface area contributed by atoms with Crippen molar-refractivity contribution in [2.45, 2.75) is 26.3 Å². The lowest BCUT2D eigenvalue weighted by Gasteiger charge is -2.35. The van der Waals surface area contributed by atoms with Gasteiger partial charge in [-0.05, 0) is 61.7 Å². The standard InChI is InChI=1S/C23H26N2O4/c1-13-23(18-10-16(28-3)5-6-19(18)24-13)21(27)12-25-8-7-15-9-20(26)22(29-4)11-17(15)14(25)2/h5-6,9-11,14,24,26H,7-8,12H2,1-4H3/t14-/m1/s1. The third kappa shape index (κ3) is 3.34. The second kappa shape index (κ2) is 7.44. The van der Waals surface area contributed by atoms with Crippen molar-refractivity contribution in [1.82, 2.24) is 9.88 Å². The van der Waals surface area contributed by atoms with Crippen molar-refractivity contribution >= 4 is 16.7 Å². The average molecular weight is 394 g/mol. The van der Waals surface area contributed by atoms with E-state index in [9.17, 15) is 9.90 Å². The Bertz CT molecular complexity index is 1090. The molecule has 4 rings (SSSR count). The van der Waals surface area contributed by atoms with E-state index in [1.54, 1.807) is 20.3 Å². The molecule has 6 nitrogen and oxygen atoms in total. The van der Waals surface area contributed by atoms with Crippen LogP contribution in [-0.2, 0) is 6.42 Å². The third-order valence-electron chi connectivity index (χ3n) is 5.93. The molecule has 1 aromatic heterocycles. The van der Waals surface area contributed by atoms with Gasteiger partial charge in [0.25, 0.3) is 0 Å². The Kier molecular flexibility index (Phi) is 4.96. The van der Waals surface area contributed by atoms with Gasteiger partial charge in [-0.25, -0.2) is 0 Å². The normalized spacial score (nSPS) is 16.6. The third-order valence-corrected chi connectivity index (χ3v) is 5.93.